The molecule has 1 aromatic carbocycles. The molecular formula is C16H23NO2. The molecule has 2 aliphatic rings. The van der Waals surface area contributed by atoms with Crippen LogP contribution in [-0.4, -0.2) is 25.0 Å². The Morgan fingerprint density at radius 1 is 1.21 bits per heavy atom. The molecule has 0 unspecified atom stereocenters. The summed E-state index contributed by atoms with van der Waals surface area (Å²) in [4.78, 5) is 0. The van der Waals surface area contributed by atoms with E-state index in [9.17, 15) is 0 Å². The molecule has 1 heterocycles. The van der Waals surface area contributed by atoms with E-state index < -0.39 is 0 Å². The fourth-order valence-electron chi connectivity index (χ4n) is 3.13. The molecule has 104 valence electrons. The van der Waals surface area contributed by atoms with Crippen LogP contribution in [0.1, 0.15) is 36.8 Å². The van der Waals surface area contributed by atoms with Crippen molar-refractivity contribution < 1.29 is 9.47 Å². The van der Waals surface area contributed by atoms with Crippen LogP contribution < -0.4 is 5.32 Å². The normalized spacial score (nSPS) is 23.0. The van der Waals surface area contributed by atoms with Crippen molar-refractivity contribution in [2.45, 2.75) is 51.0 Å². The molecule has 3 nitrogen and oxygen atoms in total. The lowest BCUT2D eigenvalue weighted by Gasteiger charge is -2.35. The van der Waals surface area contributed by atoms with Gasteiger partial charge < -0.3 is 14.8 Å². The minimum absolute atomic E-state index is 0.235. The Hall–Kier alpha value is -0.900. The average Bonchev–Trinajstić information content (AvgIpc) is 2.87. The van der Waals surface area contributed by atoms with Gasteiger partial charge in [0.2, 0.25) is 0 Å². The molecule has 1 N–H and O–H groups in total. The van der Waals surface area contributed by atoms with Gasteiger partial charge in [-0.05, 0) is 25.3 Å². The summed E-state index contributed by atoms with van der Waals surface area (Å²) >= 11 is 0. The van der Waals surface area contributed by atoms with Gasteiger partial charge in [0.05, 0.1) is 13.2 Å². The zero-order chi connectivity index (χ0) is 13.1. The molecule has 0 aromatic heterocycles. The van der Waals surface area contributed by atoms with Gasteiger partial charge in [0.15, 0.2) is 5.79 Å². The lowest BCUT2D eigenvalue weighted by molar-refractivity contribution is -0.179. The highest BCUT2D eigenvalue weighted by Gasteiger charge is 2.40. The smallest absolute Gasteiger partial charge is 0.168 e. The molecule has 1 spiro atoms. The quantitative estimate of drug-likeness (QED) is 0.907. The minimum Gasteiger partial charge on any atom is -0.348 e. The molecule has 1 saturated heterocycles. The highest BCUT2D eigenvalue weighted by Crippen LogP contribution is 2.35. The molecule has 1 aliphatic carbocycles. The van der Waals surface area contributed by atoms with Crippen molar-refractivity contribution in [2.75, 3.05) is 13.2 Å². The summed E-state index contributed by atoms with van der Waals surface area (Å²) in [6.07, 6.45) is 4.34. The zero-order valence-electron chi connectivity index (χ0n) is 11.7. The third-order valence-electron chi connectivity index (χ3n) is 4.24. The van der Waals surface area contributed by atoms with Crippen LogP contribution in [0.3, 0.4) is 0 Å². The van der Waals surface area contributed by atoms with Crippen LogP contribution in [-0.2, 0) is 16.0 Å². The van der Waals surface area contributed by atoms with Crippen molar-refractivity contribution >= 4 is 0 Å². The highest BCUT2D eigenvalue weighted by atomic mass is 16.7. The van der Waals surface area contributed by atoms with Crippen LogP contribution >= 0.6 is 0 Å². The lowest BCUT2D eigenvalue weighted by Crippen LogP contribution is -2.41. The topological polar surface area (TPSA) is 30.5 Å². The fourth-order valence-corrected chi connectivity index (χ4v) is 3.13. The Kier molecular flexibility index (Phi) is 3.87. The molecule has 3 heteroatoms. The predicted molar refractivity (Wildman–Crippen MR) is 74.9 cm³/mol. The van der Waals surface area contributed by atoms with Crippen LogP contribution in [0.2, 0.25) is 0 Å². The van der Waals surface area contributed by atoms with Crippen molar-refractivity contribution in [3.05, 3.63) is 35.4 Å². The summed E-state index contributed by atoms with van der Waals surface area (Å²) in [5, 5.41) is 3.66. The first-order valence-corrected chi connectivity index (χ1v) is 7.33. The molecule has 3 rings (SSSR count). The molecule has 0 atom stereocenters. The second-order valence-corrected chi connectivity index (χ2v) is 5.75. The Labute approximate surface area is 115 Å². The summed E-state index contributed by atoms with van der Waals surface area (Å²) in [7, 11) is 0. The zero-order valence-corrected chi connectivity index (χ0v) is 11.7. The van der Waals surface area contributed by atoms with Crippen molar-refractivity contribution in [3.8, 4) is 0 Å². The first kappa shape index (κ1) is 13.1. The van der Waals surface area contributed by atoms with Crippen LogP contribution in [0, 0.1) is 6.92 Å². The standard InChI is InChI=1S/C16H23NO2/c1-13-3-2-4-14(11-13)12-17-15-5-7-16(8-6-15)18-9-10-19-16/h2-4,11,15,17H,5-10,12H2,1H3. The van der Waals surface area contributed by atoms with E-state index in [1.54, 1.807) is 0 Å². The van der Waals surface area contributed by atoms with Crippen LogP contribution in [0.25, 0.3) is 0 Å². The van der Waals surface area contributed by atoms with Gasteiger partial charge in [0.1, 0.15) is 0 Å². The first-order chi connectivity index (χ1) is 9.26. The number of rotatable bonds is 3. The SMILES string of the molecule is Cc1cccc(CNC2CCC3(CC2)OCCO3)c1. The van der Waals surface area contributed by atoms with E-state index >= 15 is 0 Å². The Morgan fingerprint density at radius 3 is 2.63 bits per heavy atom. The van der Waals surface area contributed by atoms with E-state index in [-0.39, 0.29) is 5.79 Å². The van der Waals surface area contributed by atoms with E-state index in [1.165, 1.54) is 11.1 Å². The summed E-state index contributed by atoms with van der Waals surface area (Å²) < 4.78 is 11.5. The minimum atomic E-state index is -0.235. The number of hydrogen-bond donors (Lipinski definition) is 1. The van der Waals surface area contributed by atoms with Crippen molar-refractivity contribution in [3.63, 3.8) is 0 Å². The van der Waals surface area contributed by atoms with Gasteiger partial charge in [-0.3, -0.25) is 0 Å². The number of ether oxygens (including phenoxy) is 2. The van der Waals surface area contributed by atoms with E-state index in [0.29, 0.717) is 6.04 Å². The third-order valence-corrected chi connectivity index (χ3v) is 4.24. The number of benzene rings is 1. The van der Waals surface area contributed by atoms with Gasteiger partial charge in [0, 0.05) is 25.4 Å². The lowest BCUT2D eigenvalue weighted by atomic mass is 9.90. The van der Waals surface area contributed by atoms with Crippen LogP contribution in [0.4, 0.5) is 0 Å². The van der Waals surface area contributed by atoms with Crippen molar-refractivity contribution in [2.24, 2.45) is 0 Å². The first-order valence-electron chi connectivity index (χ1n) is 7.33. The van der Waals surface area contributed by atoms with Gasteiger partial charge in [-0.15, -0.1) is 0 Å². The molecule has 0 radical (unpaired) electrons. The molecule has 0 amide bonds. The second kappa shape index (κ2) is 5.61. The number of aryl methyl sites for hydroxylation is 1. The van der Waals surface area contributed by atoms with Crippen molar-refractivity contribution in [1.29, 1.82) is 0 Å². The summed E-state index contributed by atoms with van der Waals surface area (Å²) in [5.41, 5.74) is 2.70. The van der Waals surface area contributed by atoms with Crippen LogP contribution in [0.15, 0.2) is 24.3 Å². The molecular weight excluding hydrogens is 238 g/mol. The van der Waals surface area contributed by atoms with E-state index in [1.807, 2.05) is 0 Å². The van der Waals surface area contributed by atoms with Crippen LogP contribution in [0.5, 0.6) is 0 Å². The molecule has 2 fully saturated rings. The van der Waals surface area contributed by atoms with Gasteiger partial charge in [0.25, 0.3) is 0 Å². The fraction of sp³-hybridized carbons (Fsp3) is 0.625. The summed E-state index contributed by atoms with van der Waals surface area (Å²) in [6.45, 7) is 4.63. The average molecular weight is 261 g/mol. The monoisotopic (exact) mass is 261 g/mol. The predicted octanol–water partition coefficient (Wildman–Crippen LogP) is 2.77. The second-order valence-electron chi connectivity index (χ2n) is 5.75. The van der Waals surface area contributed by atoms with Gasteiger partial charge in [-0.1, -0.05) is 29.8 Å². The molecule has 1 aromatic rings. The molecule has 1 aliphatic heterocycles. The third kappa shape index (κ3) is 3.16. The maximum atomic E-state index is 5.76. The largest absolute Gasteiger partial charge is 0.348 e. The Balaban J connectivity index is 1.47. The Morgan fingerprint density at radius 2 is 1.95 bits per heavy atom. The van der Waals surface area contributed by atoms with E-state index in [0.717, 1.165) is 45.4 Å². The molecule has 1 saturated carbocycles. The van der Waals surface area contributed by atoms with E-state index in [2.05, 4.69) is 36.5 Å². The maximum absolute atomic E-state index is 5.76. The van der Waals surface area contributed by atoms with Gasteiger partial charge in [-0.25, -0.2) is 0 Å². The number of hydrogen-bond acceptors (Lipinski definition) is 3. The van der Waals surface area contributed by atoms with Gasteiger partial charge in [-0.2, -0.15) is 0 Å². The number of nitrogens with one attached hydrogen (secondary N) is 1. The molecule has 19 heavy (non-hydrogen) atoms. The highest BCUT2D eigenvalue weighted by molar-refractivity contribution is 5.22. The Bertz CT molecular complexity index is 417. The van der Waals surface area contributed by atoms with Gasteiger partial charge >= 0.3 is 0 Å². The maximum Gasteiger partial charge on any atom is 0.168 e. The summed E-state index contributed by atoms with van der Waals surface area (Å²) in [5.74, 6) is -0.235. The van der Waals surface area contributed by atoms with Crippen molar-refractivity contribution in [1.82, 2.24) is 5.32 Å². The molecule has 0 bridgehead atoms. The van der Waals surface area contributed by atoms with E-state index in [4.69, 9.17) is 9.47 Å². The summed E-state index contributed by atoms with van der Waals surface area (Å²) in [6, 6.07) is 9.30.